The monoisotopic (exact) mass is 549 g/mol. The molecule has 3 atom stereocenters. The summed E-state index contributed by atoms with van der Waals surface area (Å²) in [5.41, 5.74) is 1.67. The lowest BCUT2D eigenvalue weighted by Gasteiger charge is -2.47. The van der Waals surface area contributed by atoms with E-state index < -0.39 is 11.6 Å². The summed E-state index contributed by atoms with van der Waals surface area (Å²) in [6.45, 7) is 8.80. The number of nitrogens with zero attached hydrogens (tertiary/aromatic N) is 2. The average molecular weight is 550 g/mol. The fourth-order valence-corrected chi connectivity index (χ4v) is 6.36. The summed E-state index contributed by atoms with van der Waals surface area (Å²) in [6.07, 6.45) is 4.09. The third-order valence-electron chi connectivity index (χ3n) is 7.97. The zero-order valence-electron chi connectivity index (χ0n) is 23.8. The van der Waals surface area contributed by atoms with E-state index in [1.54, 1.807) is 24.3 Å². The molecule has 1 aliphatic heterocycles. The fraction of sp³-hybridized carbons (Fsp3) is 0.500. The minimum atomic E-state index is -0.971. The first-order chi connectivity index (χ1) is 19.0. The Bertz CT molecular complexity index is 1250. The summed E-state index contributed by atoms with van der Waals surface area (Å²) in [4.78, 5) is 44.8. The summed E-state index contributed by atoms with van der Waals surface area (Å²) in [5, 5.41) is 11.5. The van der Waals surface area contributed by atoms with Crippen LogP contribution in [0.3, 0.4) is 0 Å². The van der Waals surface area contributed by atoms with Crippen LogP contribution in [0, 0.1) is 23.6 Å². The van der Waals surface area contributed by atoms with E-state index in [9.17, 15) is 18.8 Å². The topological polar surface area (TPSA) is 99.1 Å². The van der Waals surface area contributed by atoms with Crippen molar-refractivity contribution in [3.05, 3.63) is 71.0 Å². The molecule has 1 heterocycles. The first kappa shape index (κ1) is 29.4. The second-order valence-electron chi connectivity index (χ2n) is 12.0. The fourth-order valence-electron chi connectivity index (χ4n) is 6.36. The van der Waals surface area contributed by atoms with Crippen LogP contribution in [0.1, 0.15) is 93.7 Å². The number of amides is 2. The molecule has 4 rings (SSSR count). The molecule has 1 spiro atoms. The summed E-state index contributed by atoms with van der Waals surface area (Å²) in [7, 11) is 0. The molecule has 0 radical (unpaired) electrons. The molecule has 1 aliphatic carbocycles. The molecule has 2 N–H and O–H groups in total. The number of carboxylic acids is 1. The average Bonchev–Trinajstić information content (AvgIpc) is 3.14. The summed E-state index contributed by atoms with van der Waals surface area (Å²) in [6, 6.07) is 13.0. The molecule has 2 aromatic carbocycles. The minimum absolute atomic E-state index is 0.0532. The Kier molecular flexibility index (Phi) is 9.06. The van der Waals surface area contributed by atoms with Crippen molar-refractivity contribution in [3.8, 4) is 0 Å². The van der Waals surface area contributed by atoms with Crippen molar-refractivity contribution in [1.29, 1.82) is 0 Å². The minimum Gasteiger partial charge on any atom is -0.481 e. The number of hydrogen-bond donors (Lipinski definition) is 2. The summed E-state index contributed by atoms with van der Waals surface area (Å²) in [5.74, 6) is -0.605. The van der Waals surface area contributed by atoms with E-state index in [4.69, 9.17) is 10.1 Å². The molecule has 0 bridgehead atoms. The molecular formula is C32H40FN3O4. The number of halogens is 1. The lowest BCUT2D eigenvalue weighted by Crippen LogP contribution is -2.52. The maximum atomic E-state index is 14.3. The van der Waals surface area contributed by atoms with Crippen molar-refractivity contribution in [2.75, 3.05) is 6.54 Å². The van der Waals surface area contributed by atoms with Crippen LogP contribution < -0.4 is 5.32 Å². The van der Waals surface area contributed by atoms with Gasteiger partial charge in [-0.25, -0.2) is 4.39 Å². The van der Waals surface area contributed by atoms with Gasteiger partial charge in [0.15, 0.2) is 0 Å². The molecule has 0 saturated heterocycles. The molecular weight excluding hydrogens is 509 g/mol. The number of hydrogen-bond acceptors (Lipinski definition) is 4. The van der Waals surface area contributed by atoms with E-state index in [1.165, 1.54) is 12.1 Å². The first-order valence-electron chi connectivity index (χ1n) is 14.3. The molecule has 40 heavy (non-hydrogen) atoms. The Morgan fingerprint density at radius 3 is 2.25 bits per heavy atom. The maximum Gasteiger partial charge on any atom is 0.305 e. The third kappa shape index (κ3) is 6.60. The highest BCUT2D eigenvalue weighted by molar-refractivity contribution is 6.46. The molecule has 1 saturated carbocycles. The van der Waals surface area contributed by atoms with Crippen molar-refractivity contribution < 1.29 is 23.9 Å². The third-order valence-corrected chi connectivity index (χ3v) is 7.97. The molecule has 3 unspecified atom stereocenters. The van der Waals surface area contributed by atoms with Gasteiger partial charge in [0.25, 0.3) is 11.8 Å². The van der Waals surface area contributed by atoms with Crippen LogP contribution in [0.15, 0.2) is 53.5 Å². The number of aliphatic carboxylic acids is 1. The van der Waals surface area contributed by atoms with Gasteiger partial charge in [-0.15, -0.1) is 0 Å². The number of carbonyl (C=O) groups is 3. The van der Waals surface area contributed by atoms with E-state index in [0.29, 0.717) is 34.6 Å². The number of carbonyl (C=O) groups excluding carboxylic acids is 2. The second-order valence-corrected chi connectivity index (χ2v) is 12.0. The van der Waals surface area contributed by atoms with Crippen LogP contribution in [0.4, 0.5) is 4.39 Å². The van der Waals surface area contributed by atoms with Gasteiger partial charge >= 0.3 is 5.97 Å². The van der Waals surface area contributed by atoms with Gasteiger partial charge < -0.3 is 15.3 Å². The maximum absolute atomic E-state index is 14.3. The van der Waals surface area contributed by atoms with Crippen molar-refractivity contribution in [3.63, 3.8) is 0 Å². The number of rotatable bonds is 10. The number of aliphatic imine (C=N–C) groups is 1. The molecule has 8 heteroatoms. The highest BCUT2D eigenvalue weighted by Gasteiger charge is 2.53. The Hall–Kier alpha value is -3.55. The number of carboxylic acid groups (broad SMARTS) is 1. The van der Waals surface area contributed by atoms with Gasteiger partial charge in [0.1, 0.15) is 17.2 Å². The quantitative estimate of drug-likeness (QED) is 0.380. The van der Waals surface area contributed by atoms with Gasteiger partial charge in [0.05, 0.1) is 12.5 Å². The predicted octanol–water partition coefficient (Wildman–Crippen LogP) is 5.99. The van der Waals surface area contributed by atoms with Crippen LogP contribution in [-0.2, 0) is 9.59 Å². The van der Waals surface area contributed by atoms with Gasteiger partial charge in [-0.2, -0.15) is 0 Å². The largest absolute Gasteiger partial charge is 0.481 e. The lowest BCUT2D eigenvalue weighted by molar-refractivity contribution is -0.137. The Morgan fingerprint density at radius 1 is 1.05 bits per heavy atom. The smallest absolute Gasteiger partial charge is 0.305 e. The molecule has 7 nitrogen and oxygen atoms in total. The van der Waals surface area contributed by atoms with E-state index in [1.807, 2.05) is 17.0 Å². The molecule has 2 amide bonds. The molecule has 2 aliphatic rings. The Labute approximate surface area is 235 Å². The van der Waals surface area contributed by atoms with Gasteiger partial charge in [-0.1, -0.05) is 39.8 Å². The van der Waals surface area contributed by atoms with Gasteiger partial charge in [0, 0.05) is 17.7 Å². The highest BCUT2D eigenvalue weighted by Crippen LogP contribution is 2.48. The van der Waals surface area contributed by atoms with E-state index in [0.717, 1.165) is 37.7 Å². The standard InChI is InChI=1S/C32H40FN3O4/c1-20(2)5-14-27(23-6-8-25(9-7-23)30(39)34-16-15-28(37)38)36-31(40)29(24-10-12-26(33)13-11-24)35-32(36)18-21(3)17-22(4)19-32/h6-13,20-22,27H,5,14-19H2,1-4H3,(H,34,39)(H,37,38). The lowest BCUT2D eigenvalue weighted by atomic mass is 9.75. The van der Waals surface area contributed by atoms with Crippen LogP contribution >= 0.6 is 0 Å². The van der Waals surface area contributed by atoms with Gasteiger partial charge in [-0.05, 0) is 91.8 Å². The van der Waals surface area contributed by atoms with Gasteiger partial charge in [-0.3, -0.25) is 19.4 Å². The van der Waals surface area contributed by atoms with Crippen molar-refractivity contribution in [2.24, 2.45) is 22.7 Å². The van der Waals surface area contributed by atoms with E-state index >= 15 is 0 Å². The van der Waals surface area contributed by atoms with Crippen LogP contribution in [0.2, 0.25) is 0 Å². The Balaban J connectivity index is 1.71. The zero-order valence-corrected chi connectivity index (χ0v) is 23.8. The van der Waals surface area contributed by atoms with Crippen LogP contribution in [0.5, 0.6) is 0 Å². The highest BCUT2D eigenvalue weighted by atomic mass is 19.1. The molecule has 2 aromatic rings. The van der Waals surface area contributed by atoms with Gasteiger partial charge in [0.2, 0.25) is 0 Å². The number of nitrogens with one attached hydrogen (secondary N) is 1. The summed E-state index contributed by atoms with van der Waals surface area (Å²) >= 11 is 0. The van der Waals surface area contributed by atoms with Crippen LogP contribution in [-0.4, -0.2) is 45.7 Å². The normalized spacial score (nSPS) is 23.4. The predicted molar refractivity (Wildman–Crippen MR) is 153 cm³/mol. The van der Waals surface area contributed by atoms with Crippen molar-refractivity contribution in [2.45, 2.75) is 77.9 Å². The second kappa shape index (κ2) is 12.3. The first-order valence-corrected chi connectivity index (χ1v) is 14.3. The summed E-state index contributed by atoms with van der Waals surface area (Å²) < 4.78 is 13.7. The van der Waals surface area contributed by atoms with Crippen molar-refractivity contribution in [1.82, 2.24) is 10.2 Å². The molecule has 1 fully saturated rings. The zero-order chi connectivity index (χ0) is 29.0. The number of benzene rings is 2. The Morgan fingerprint density at radius 2 is 1.68 bits per heavy atom. The van der Waals surface area contributed by atoms with E-state index in [2.05, 4.69) is 33.0 Å². The van der Waals surface area contributed by atoms with E-state index in [-0.39, 0.29) is 36.6 Å². The SMILES string of the molecule is CC(C)CCC(c1ccc(C(=O)NCCC(=O)O)cc1)N1C(=O)C(c2ccc(F)cc2)=NC12CC(C)CC(C)C2. The molecule has 214 valence electrons. The van der Waals surface area contributed by atoms with Crippen molar-refractivity contribution >= 4 is 23.5 Å². The molecule has 0 aromatic heterocycles. The van der Waals surface area contributed by atoms with Crippen LogP contribution in [0.25, 0.3) is 0 Å².